The molecule has 0 unspecified atom stereocenters. The lowest BCUT2D eigenvalue weighted by Crippen LogP contribution is -2.17. The summed E-state index contributed by atoms with van der Waals surface area (Å²) < 4.78 is 29.6. The number of nitrogens with one attached hydrogen (secondary N) is 1. The topological polar surface area (TPSA) is 64.0 Å². The minimum absolute atomic E-state index is 0.0401. The maximum absolute atomic E-state index is 12.8. The summed E-state index contributed by atoms with van der Waals surface area (Å²) in [7, 11) is -3.83. The summed E-state index contributed by atoms with van der Waals surface area (Å²) in [5, 5.41) is 0.982. The molecule has 2 aromatic heterocycles. The van der Waals surface area contributed by atoms with Crippen LogP contribution in [-0.2, 0) is 10.0 Å². The molecule has 0 fully saturated rings. The van der Waals surface area contributed by atoms with E-state index >= 15 is 0 Å². The molecule has 1 aromatic carbocycles. The average Bonchev–Trinajstić information content (AvgIpc) is 3.01. The Kier molecular flexibility index (Phi) is 4.77. The van der Waals surface area contributed by atoms with E-state index in [9.17, 15) is 8.42 Å². The molecular weight excluding hydrogens is 381 g/mol. The number of hydrogen-bond donors (Lipinski definition) is 1. The number of anilines is 1. The van der Waals surface area contributed by atoms with Gasteiger partial charge >= 0.3 is 0 Å². The molecule has 3 aromatic rings. The molecule has 0 bridgehead atoms. The Labute approximate surface area is 156 Å². The number of hydrogen-bond acceptors (Lipinski definition) is 3. The maximum atomic E-state index is 12.8. The van der Waals surface area contributed by atoms with Crippen molar-refractivity contribution in [1.82, 2.24) is 9.55 Å². The second-order valence-corrected chi connectivity index (χ2v) is 8.05. The van der Waals surface area contributed by atoms with E-state index in [0.717, 1.165) is 11.1 Å². The van der Waals surface area contributed by atoms with Crippen LogP contribution in [0.4, 0.5) is 5.69 Å². The second kappa shape index (κ2) is 6.71. The van der Waals surface area contributed by atoms with E-state index in [-0.39, 0.29) is 5.03 Å². The van der Waals surface area contributed by atoms with E-state index < -0.39 is 10.0 Å². The Morgan fingerprint density at radius 2 is 1.84 bits per heavy atom. The van der Waals surface area contributed by atoms with Gasteiger partial charge in [0.25, 0.3) is 10.0 Å². The summed E-state index contributed by atoms with van der Waals surface area (Å²) in [4.78, 5) is 4.25. The largest absolute Gasteiger partial charge is 0.289 e. The first-order chi connectivity index (χ1) is 11.8. The van der Waals surface area contributed by atoms with Gasteiger partial charge in [-0.05, 0) is 61.4 Å². The highest BCUT2D eigenvalue weighted by Gasteiger charge is 2.21. The third-order valence-corrected chi connectivity index (χ3v) is 5.67. The number of benzene rings is 1. The molecule has 0 aliphatic rings. The second-order valence-electron chi connectivity index (χ2n) is 5.60. The molecule has 3 rings (SSSR count). The van der Waals surface area contributed by atoms with Gasteiger partial charge in [-0.1, -0.05) is 23.2 Å². The summed E-state index contributed by atoms with van der Waals surface area (Å²) in [6.45, 7) is 3.67. The molecule has 130 valence electrons. The van der Waals surface area contributed by atoms with Crippen molar-refractivity contribution in [2.24, 2.45) is 0 Å². The lowest BCUT2D eigenvalue weighted by atomic mass is 10.2. The molecule has 0 spiro atoms. The van der Waals surface area contributed by atoms with E-state index in [1.54, 1.807) is 49.6 Å². The zero-order valence-electron chi connectivity index (χ0n) is 13.5. The molecule has 8 heteroatoms. The smallest absolute Gasteiger partial charge is 0.277 e. The minimum atomic E-state index is -3.83. The van der Waals surface area contributed by atoms with Gasteiger partial charge in [-0.2, -0.15) is 8.42 Å². The Hall–Kier alpha value is -2.02. The zero-order valence-corrected chi connectivity index (χ0v) is 15.8. The molecule has 0 saturated heterocycles. The molecular formula is C17H15Cl2N3O2S. The van der Waals surface area contributed by atoms with Gasteiger partial charge in [-0.15, -0.1) is 0 Å². The SMILES string of the molecule is Cc1cnc(-n2cccc2S(=O)(=O)Nc2ccc(Cl)c(C)c2)c(Cl)c1. The highest BCUT2D eigenvalue weighted by molar-refractivity contribution is 7.92. The number of pyridine rings is 1. The molecule has 1 N–H and O–H groups in total. The van der Waals surface area contributed by atoms with E-state index in [2.05, 4.69) is 9.71 Å². The number of nitrogens with zero attached hydrogens (tertiary/aromatic N) is 2. The average molecular weight is 396 g/mol. The minimum Gasteiger partial charge on any atom is -0.289 e. The predicted octanol–water partition coefficient (Wildman–Crippen LogP) is 4.60. The van der Waals surface area contributed by atoms with Crippen molar-refractivity contribution in [2.45, 2.75) is 18.9 Å². The number of rotatable bonds is 4. The van der Waals surface area contributed by atoms with Crippen LogP contribution in [0.1, 0.15) is 11.1 Å². The third kappa shape index (κ3) is 3.66. The molecule has 0 aliphatic heterocycles. The van der Waals surface area contributed by atoms with Crippen LogP contribution in [0, 0.1) is 13.8 Å². The molecule has 5 nitrogen and oxygen atoms in total. The van der Waals surface area contributed by atoms with Gasteiger partial charge in [0.15, 0.2) is 10.8 Å². The van der Waals surface area contributed by atoms with Crippen LogP contribution in [0.3, 0.4) is 0 Å². The first-order valence-electron chi connectivity index (χ1n) is 7.37. The zero-order chi connectivity index (χ0) is 18.2. The number of aryl methyl sites for hydroxylation is 2. The molecule has 25 heavy (non-hydrogen) atoms. The van der Waals surface area contributed by atoms with E-state index in [1.165, 1.54) is 10.6 Å². The van der Waals surface area contributed by atoms with Crippen LogP contribution >= 0.6 is 23.2 Å². The van der Waals surface area contributed by atoms with E-state index in [4.69, 9.17) is 23.2 Å². The first-order valence-corrected chi connectivity index (χ1v) is 9.61. The maximum Gasteiger partial charge on any atom is 0.277 e. The summed E-state index contributed by atoms with van der Waals surface area (Å²) in [6.07, 6.45) is 3.23. The van der Waals surface area contributed by atoms with Gasteiger partial charge < -0.3 is 0 Å². The molecule has 0 radical (unpaired) electrons. The predicted molar refractivity (Wildman–Crippen MR) is 100 cm³/mol. The van der Waals surface area contributed by atoms with Crippen molar-refractivity contribution >= 4 is 38.9 Å². The fourth-order valence-electron chi connectivity index (χ4n) is 2.38. The van der Waals surface area contributed by atoms with Crippen molar-refractivity contribution in [3.8, 4) is 5.82 Å². The summed E-state index contributed by atoms with van der Waals surface area (Å²) in [5.41, 5.74) is 2.10. The molecule has 0 atom stereocenters. The molecule has 0 aliphatic carbocycles. The van der Waals surface area contributed by atoms with Crippen LogP contribution < -0.4 is 4.72 Å². The number of sulfonamides is 1. The normalized spacial score (nSPS) is 11.5. The quantitative estimate of drug-likeness (QED) is 0.701. The van der Waals surface area contributed by atoms with Gasteiger partial charge in [-0.25, -0.2) is 4.98 Å². The summed E-state index contributed by atoms with van der Waals surface area (Å²) >= 11 is 12.2. The fourth-order valence-corrected chi connectivity index (χ4v) is 4.01. The first kappa shape index (κ1) is 17.8. The Morgan fingerprint density at radius 3 is 2.52 bits per heavy atom. The van der Waals surface area contributed by atoms with Crippen LogP contribution in [0.15, 0.2) is 53.8 Å². The van der Waals surface area contributed by atoms with Crippen molar-refractivity contribution in [3.05, 3.63) is 70.0 Å². The lowest BCUT2D eigenvalue weighted by molar-refractivity contribution is 0.594. The van der Waals surface area contributed by atoms with Crippen molar-refractivity contribution in [1.29, 1.82) is 0 Å². The lowest BCUT2D eigenvalue weighted by Gasteiger charge is -2.13. The Morgan fingerprint density at radius 1 is 1.08 bits per heavy atom. The van der Waals surface area contributed by atoms with Gasteiger partial charge in [0.2, 0.25) is 0 Å². The van der Waals surface area contributed by atoms with Crippen molar-refractivity contribution < 1.29 is 8.42 Å². The van der Waals surface area contributed by atoms with Crippen LogP contribution in [0.25, 0.3) is 5.82 Å². The number of aromatic nitrogens is 2. The standard InChI is InChI=1S/C17H15Cl2N3O2S/c1-11-8-15(19)17(20-10-11)22-7-3-4-16(22)25(23,24)21-13-5-6-14(18)12(2)9-13/h3-10,21H,1-2H3. The van der Waals surface area contributed by atoms with Gasteiger partial charge in [0.1, 0.15) is 0 Å². The number of halogens is 2. The van der Waals surface area contributed by atoms with E-state index in [1.807, 2.05) is 6.92 Å². The van der Waals surface area contributed by atoms with Crippen molar-refractivity contribution in [2.75, 3.05) is 4.72 Å². The highest BCUT2D eigenvalue weighted by atomic mass is 35.5. The van der Waals surface area contributed by atoms with Crippen LogP contribution in [0.2, 0.25) is 10.0 Å². The van der Waals surface area contributed by atoms with Gasteiger partial charge in [0.05, 0.1) is 5.02 Å². The van der Waals surface area contributed by atoms with Crippen molar-refractivity contribution in [3.63, 3.8) is 0 Å². The Balaban J connectivity index is 2.01. The van der Waals surface area contributed by atoms with Gasteiger partial charge in [0, 0.05) is 23.1 Å². The molecule has 0 saturated carbocycles. The monoisotopic (exact) mass is 395 g/mol. The summed E-state index contributed by atoms with van der Waals surface area (Å²) in [6, 6.07) is 9.77. The molecule has 2 heterocycles. The van der Waals surface area contributed by atoms with E-state index in [0.29, 0.717) is 21.6 Å². The van der Waals surface area contributed by atoms with Gasteiger partial charge in [-0.3, -0.25) is 9.29 Å². The van der Waals surface area contributed by atoms with Crippen LogP contribution in [0.5, 0.6) is 0 Å². The Bertz CT molecular complexity index is 1050. The highest BCUT2D eigenvalue weighted by Crippen LogP contribution is 2.26. The molecule has 0 amide bonds. The van der Waals surface area contributed by atoms with Crippen LogP contribution in [-0.4, -0.2) is 18.0 Å². The fraction of sp³-hybridized carbons (Fsp3) is 0.118. The third-order valence-electron chi connectivity index (χ3n) is 3.58. The summed E-state index contributed by atoms with van der Waals surface area (Å²) in [5.74, 6) is 0.352.